The summed E-state index contributed by atoms with van der Waals surface area (Å²) < 4.78 is 0. The molecular formula is C14H17N3O3S. The van der Waals surface area contributed by atoms with Gasteiger partial charge in [-0.2, -0.15) is 11.8 Å². The monoisotopic (exact) mass is 307 g/mol. The van der Waals surface area contributed by atoms with Gasteiger partial charge in [-0.05, 0) is 30.2 Å². The van der Waals surface area contributed by atoms with E-state index in [4.69, 9.17) is 0 Å². The highest BCUT2D eigenvalue weighted by atomic mass is 32.2. The molecule has 0 radical (unpaired) electrons. The lowest BCUT2D eigenvalue weighted by atomic mass is 10.1. The molecule has 1 aromatic rings. The number of fused-ring (bicyclic) bond motifs is 1. The van der Waals surface area contributed by atoms with E-state index in [1.165, 1.54) is 18.9 Å². The lowest BCUT2D eigenvalue weighted by Gasteiger charge is -2.22. The third kappa shape index (κ3) is 3.12. The molecule has 1 unspecified atom stereocenters. The molecule has 1 saturated heterocycles. The number of benzene rings is 1. The molecule has 0 saturated carbocycles. The average molecular weight is 307 g/mol. The maximum absolute atomic E-state index is 11.4. The first-order chi connectivity index (χ1) is 10.1. The van der Waals surface area contributed by atoms with Crippen molar-refractivity contribution in [1.82, 2.24) is 0 Å². The first-order valence-electron chi connectivity index (χ1n) is 7.10. The van der Waals surface area contributed by atoms with E-state index in [1.54, 1.807) is 6.07 Å². The van der Waals surface area contributed by atoms with Gasteiger partial charge in [0.25, 0.3) is 5.69 Å². The van der Waals surface area contributed by atoms with Gasteiger partial charge in [0.2, 0.25) is 5.91 Å². The Balaban J connectivity index is 1.78. The Labute approximate surface area is 126 Å². The molecule has 2 aliphatic rings. The normalized spacial score (nSPS) is 20.8. The zero-order valence-corrected chi connectivity index (χ0v) is 12.4. The van der Waals surface area contributed by atoms with E-state index >= 15 is 0 Å². The highest BCUT2D eigenvalue weighted by Crippen LogP contribution is 2.35. The van der Waals surface area contributed by atoms with Crippen LogP contribution in [0.15, 0.2) is 12.1 Å². The lowest BCUT2D eigenvalue weighted by molar-refractivity contribution is -0.384. The molecule has 0 spiro atoms. The predicted octanol–water partition coefficient (Wildman–Crippen LogP) is 2.79. The Bertz CT molecular complexity index is 585. The first-order valence-corrected chi connectivity index (χ1v) is 8.15. The summed E-state index contributed by atoms with van der Waals surface area (Å²) in [4.78, 5) is 22.2. The molecule has 7 heteroatoms. The minimum atomic E-state index is -0.389. The van der Waals surface area contributed by atoms with Crippen molar-refractivity contribution in [2.75, 3.05) is 22.9 Å². The molecule has 21 heavy (non-hydrogen) atoms. The number of hydrogen-bond acceptors (Lipinski definition) is 5. The zero-order chi connectivity index (χ0) is 14.8. The third-order valence-electron chi connectivity index (χ3n) is 3.84. The molecule has 112 valence electrons. The van der Waals surface area contributed by atoms with Gasteiger partial charge in [0.1, 0.15) is 5.69 Å². The van der Waals surface area contributed by atoms with Crippen molar-refractivity contribution in [3.05, 3.63) is 27.8 Å². The van der Waals surface area contributed by atoms with Gasteiger partial charge in [-0.15, -0.1) is 0 Å². The van der Waals surface area contributed by atoms with Gasteiger partial charge in [0.05, 0.1) is 11.3 Å². The van der Waals surface area contributed by atoms with Crippen LogP contribution in [0, 0.1) is 10.1 Å². The van der Waals surface area contributed by atoms with Crippen LogP contribution in [0.3, 0.4) is 0 Å². The summed E-state index contributed by atoms with van der Waals surface area (Å²) in [5, 5.41) is 17.6. The molecule has 6 nitrogen and oxygen atoms in total. The van der Waals surface area contributed by atoms with Crippen molar-refractivity contribution in [2.24, 2.45) is 0 Å². The number of amides is 1. The molecule has 3 rings (SSSR count). The zero-order valence-electron chi connectivity index (χ0n) is 11.6. The summed E-state index contributed by atoms with van der Waals surface area (Å²) in [7, 11) is 0. The maximum Gasteiger partial charge on any atom is 0.292 e. The number of anilines is 2. The van der Waals surface area contributed by atoms with Gasteiger partial charge in [-0.3, -0.25) is 14.9 Å². The van der Waals surface area contributed by atoms with Crippen LogP contribution in [-0.2, 0) is 11.2 Å². The highest BCUT2D eigenvalue weighted by Gasteiger charge is 2.25. The van der Waals surface area contributed by atoms with Crippen LogP contribution in [-0.4, -0.2) is 28.4 Å². The van der Waals surface area contributed by atoms with Crippen molar-refractivity contribution in [1.29, 1.82) is 0 Å². The summed E-state index contributed by atoms with van der Waals surface area (Å²) in [6, 6.07) is 3.19. The first kappa shape index (κ1) is 14.2. The van der Waals surface area contributed by atoms with Gasteiger partial charge in [-0.1, -0.05) is 6.42 Å². The minimum Gasteiger partial charge on any atom is -0.378 e. The number of hydrogen-bond donors (Lipinski definition) is 2. The standard InChI is InChI=1S/C14H17N3O3S/c18-14-6-9-5-13(17(19)20)12(7-11(9)16-14)15-8-10-3-1-2-4-21-10/h5,7,10,15H,1-4,6,8H2,(H,16,18). The number of carbonyl (C=O) groups is 1. The molecular weight excluding hydrogens is 290 g/mol. The summed E-state index contributed by atoms with van der Waals surface area (Å²) in [5.41, 5.74) is 1.92. The van der Waals surface area contributed by atoms with Crippen molar-refractivity contribution in [2.45, 2.75) is 30.9 Å². The number of nitrogens with zero attached hydrogens (tertiary/aromatic N) is 1. The van der Waals surface area contributed by atoms with Crippen LogP contribution in [0.5, 0.6) is 0 Å². The molecule has 1 amide bonds. The van der Waals surface area contributed by atoms with E-state index in [0.717, 1.165) is 18.7 Å². The summed E-state index contributed by atoms with van der Waals surface area (Å²) in [6.07, 6.45) is 3.84. The average Bonchev–Trinajstić information content (AvgIpc) is 2.84. The number of nitro groups is 1. The number of nitro benzene ring substituents is 1. The summed E-state index contributed by atoms with van der Waals surface area (Å²) >= 11 is 1.92. The Morgan fingerprint density at radius 2 is 2.29 bits per heavy atom. The van der Waals surface area contributed by atoms with Gasteiger partial charge in [0.15, 0.2) is 0 Å². The third-order valence-corrected chi connectivity index (χ3v) is 5.24. The second-order valence-electron chi connectivity index (χ2n) is 5.38. The molecule has 2 aliphatic heterocycles. The second kappa shape index (κ2) is 5.93. The molecule has 1 fully saturated rings. The van der Waals surface area contributed by atoms with E-state index in [2.05, 4.69) is 10.6 Å². The second-order valence-corrected chi connectivity index (χ2v) is 6.79. The molecule has 1 aromatic carbocycles. The van der Waals surface area contributed by atoms with E-state index in [9.17, 15) is 14.9 Å². The number of carbonyl (C=O) groups excluding carboxylic acids is 1. The van der Waals surface area contributed by atoms with Crippen LogP contribution in [0.4, 0.5) is 17.1 Å². The Hall–Kier alpha value is -1.76. The van der Waals surface area contributed by atoms with Crippen molar-refractivity contribution in [3.63, 3.8) is 0 Å². The Morgan fingerprint density at radius 1 is 1.43 bits per heavy atom. The largest absolute Gasteiger partial charge is 0.378 e. The van der Waals surface area contributed by atoms with E-state index in [0.29, 0.717) is 22.2 Å². The van der Waals surface area contributed by atoms with Crippen LogP contribution < -0.4 is 10.6 Å². The van der Waals surface area contributed by atoms with E-state index in [-0.39, 0.29) is 22.9 Å². The minimum absolute atomic E-state index is 0.0473. The molecule has 2 heterocycles. The molecule has 0 aliphatic carbocycles. The van der Waals surface area contributed by atoms with E-state index < -0.39 is 0 Å². The van der Waals surface area contributed by atoms with Crippen molar-refractivity contribution < 1.29 is 9.72 Å². The summed E-state index contributed by atoms with van der Waals surface area (Å²) in [6.45, 7) is 0.720. The van der Waals surface area contributed by atoms with Crippen molar-refractivity contribution >= 4 is 34.7 Å². The molecule has 1 atom stereocenters. The van der Waals surface area contributed by atoms with Gasteiger partial charge >= 0.3 is 0 Å². The fraction of sp³-hybridized carbons (Fsp3) is 0.500. The fourth-order valence-corrected chi connectivity index (χ4v) is 3.98. The SMILES string of the molecule is O=C1Cc2cc([N+](=O)[O-])c(NCC3CCCCS3)cc2N1. The lowest BCUT2D eigenvalue weighted by Crippen LogP contribution is -2.20. The van der Waals surface area contributed by atoms with Crippen molar-refractivity contribution in [3.8, 4) is 0 Å². The molecule has 0 bridgehead atoms. The number of nitrogens with one attached hydrogen (secondary N) is 2. The fourth-order valence-electron chi connectivity index (χ4n) is 2.75. The van der Waals surface area contributed by atoms with Gasteiger partial charge < -0.3 is 10.6 Å². The number of thioether (sulfide) groups is 1. The Morgan fingerprint density at radius 3 is 3.00 bits per heavy atom. The van der Waals surface area contributed by atoms with Crippen LogP contribution in [0.25, 0.3) is 0 Å². The summed E-state index contributed by atoms with van der Waals surface area (Å²) in [5.74, 6) is 1.05. The smallest absolute Gasteiger partial charge is 0.292 e. The van der Waals surface area contributed by atoms with Gasteiger partial charge in [-0.25, -0.2) is 0 Å². The van der Waals surface area contributed by atoms with Crippen LogP contribution in [0.1, 0.15) is 24.8 Å². The van der Waals surface area contributed by atoms with Crippen LogP contribution >= 0.6 is 11.8 Å². The van der Waals surface area contributed by atoms with Gasteiger partial charge in [0, 0.05) is 23.5 Å². The highest BCUT2D eigenvalue weighted by molar-refractivity contribution is 7.99. The predicted molar refractivity (Wildman–Crippen MR) is 84.0 cm³/mol. The number of rotatable bonds is 4. The maximum atomic E-state index is 11.4. The quantitative estimate of drug-likeness (QED) is 0.660. The topological polar surface area (TPSA) is 84.3 Å². The van der Waals surface area contributed by atoms with Crippen LogP contribution in [0.2, 0.25) is 0 Å². The van der Waals surface area contributed by atoms with E-state index in [1.807, 2.05) is 11.8 Å². The molecule has 0 aromatic heterocycles. The molecule has 2 N–H and O–H groups in total. The Kier molecular flexibility index (Phi) is 4.01.